The molecule has 2 saturated heterocycles. The van der Waals surface area contributed by atoms with Crippen molar-refractivity contribution in [2.24, 2.45) is 0 Å². The molecule has 0 N–H and O–H groups in total. The van der Waals surface area contributed by atoms with Gasteiger partial charge in [0.25, 0.3) is 0 Å². The van der Waals surface area contributed by atoms with Crippen LogP contribution < -0.4 is 0 Å². The third-order valence-electron chi connectivity index (χ3n) is 4.52. The number of hydrogen-bond acceptors (Lipinski definition) is 4. The van der Waals surface area contributed by atoms with E-state index in [-0.39, 0.29) is 5.82 Å². The Labute approximate surface area is 131 Å². The van der Waals surface area contributed by atoms with Crippen LogP contribution in [0.15, 0.2) is 18.2 Å². The fourth-order valence-electron chi connectivity index (χ4n) is 3.21. The zero-order valence-corrected chi connectivity index (χ0v) is 12.8. The van der Waals surface area contributed by atoms with Gasteiger partial charge in [0.15, 0.2) is 0 Å². The van der Waals surface area contributed by atoms with E-state index in [4.69, 9.17) is 10.00 Å². The van der Waals surface area contributed by atoms with Gasteiger partial charge in [-0.2, -0.15) is 5.26 Å². The molecule has 22 heavy (non-hydrogen) atoms. The Bertz CT molecular complexity index is 543. The second-order valence-corrected chi connectivity index (χ2v) is 6.13. The normalized spacial score (nSPS) is 23.5. The predicted molar refractivity (Wildman–Crippen MR) is 81.8 cm³/mol. The van der Waals surface area contributed by atoms with Gasteiger partial charge in [-0.15, -0.1) is 0 Å². The van der Waals surface area contributed by atoms with E-state index in [1.807, 2.05) is 0 Å². The Hall–Kier alpha value is -1.48. The summed E-state index contributed by atoms with van der Waals surface area (Å²) in [6, 6.07) is 6.65. The molecule has 1 aromatic rings. The Morgan fingerprint density at radius 1 is 1.23 bits per heavy atom. The van der Waals surface area contributed by atoms with Crippen LogP contribution in [0.5, 0.6) is 0 Å². The van der Waals surface area contributed by atoms with Crippen molar-refractivity contribution in [1.82, 2.24) is 9.80 Å². The Balaban J connectivity index is 1.50. The van der Waals surface area contributed by atoms with E-state index < -0.39 is 0 Å². The van der Waals surface area contributed by atoms with E-state index in [0.29, 0.717) is 23.8 Å². The van der Waals surface area contributed by atoms with Crippen molar-refractivity contribution in [2.75, 3.05) is 39.3 Å². The summed E-state index contributed by atoms with van der Waals surface area (Å²) < 4.78 is 19.5. The van der Waals surface area contributed by atoms with Gasteiger partial charge in [0, 0.05) is 51.4 Å². The van der Waals surface area contributed by atoms with Gasteiger partial charge in [0.2, 0.25) is 0 Å². The lowest BCUT2D eigenvalue weighted by Gasteiger charge is -2.35. The number of ether oxygens (including phenoxy) is 1. The molecule has 2 heterocycles. The number of nitriles is 1. The lowest BCUT2D eigenvalue weighted by atomic mass is 10.1. The number of nitrogens with zero attached hydrogens (tertiary/aromatic N) is 3. The van der Waals surface area contributed by atoms with Crippen molar-refractivity contribution in [3.8, 4) is 6.07 Å². The molecule has 2 fully saturated rings. The van der Waals surface area contributed by atoms with Gasteiger partial charge in [-0.1, -0.05) is 0 Å². The van der Waals surface area contributed by atoms with Gasteiger partial charge >= 0.3 is 0 Å². The Morgan fingerprint density at radius 3 is 2.68 bits per heavy atom. The SMILES string of the molecule is N#Cc1ccc(F)c(CN2CCN(CC3CCCO3)CC2)c1. The second kappa shape index (κ2) is 7.19. The van der Waals surface area contributed by atoms with Crippen LogP contribution in [0.25, 0.3) is 0 Å². The molecule has 0 aromatic heterocycles. The van der Waals surface area contributed by atoms with Gasteiger partial charge in [0.1, 0.15) is 5.82 Å². The Kier molecular flexibility index (Phi) is 5.04. The number of benzene rings is 1. The van der Waals surface area contributed by atoms with Crippen molar-refractivity contribution in [1.29, 1.82) is 5.26 Å². The summed E-state index contributed by atoms with van der Waals surface area (Å²) in [7, 11) is 0. The number of rotatable bonds is 4. The smallest absolute Gasteiger partial charge is 0.127 e. The average molecular weight is 303 g/mol. The first kappa shape index (κ1) is 15.4. The van der Waals surface area contributed by atoms with Crippen LogP contribution in [0.2, 0.25) is 0 Å². The number of halogens is 1. The zero-order chi connectivity index (χ0) is 15.4. The maximum atomic E-state index is 13.8. The molecule has 1 atom stereocenters. The minimum Gasteiger partial charge on any atom is -0.377 e. The van der Waals surface area contributed by atoms with Gasteiger partial charge in [-0.3, -0.25) is 9.80 Å². The molecule has 0 saturated carbocycles. The molecular weight excluding hydrogens is 281 g/mol. The summed E-state index contributed by atoms with van der Waals surface area (Å²) in [6.07, 6.45) is 2.75. The summed E-state index contributed by atoms with van der Waals surface area (Å²) in [5.41, 5.74) is 1.14. The molecule has 1 unspecified atom stereocenters. The highest BCUT2D eigenvalue weighted by Gasteiger charge is 2.23. The van der Waals surface area contributed by atoms with Gasteiger partial charge in [-0.25, -0.2) is 4.39 Å². The number of piperazine rings is 1. The molecule has 4 nitrogen and oxygen atoms in total. The van der Waals surface area contributed by atoms with E-state index in [2.05, 4.69) is 15.9 Å². The summed E-state index contributed by atoms with van der Waals surface area (Å²) >= 11 is 0. The predicted octanol–water partition coefficient (Wildman–Crippen LogP) is 1.99. The summed E-state index contributed by atoms with van der Waals surface area (Å²) in [5.74, 6) is -0.221. The molecule has 2 aliphatic rings. The van der Waals surface area contributed by atoms with E-state index in [9.17, 15) is 4.39 Å². The van der Waals surface area contributed by atoms with Crippen molar-refractivity contribution >= 4 is 0 Å². The maximum Gasteiger partial charge on any atom is 0.127 e. The molecule has 0 aliphatic carbocycles. The summed E-state index contributed by atoms with van der Waals surface area (Å²) in [6.45, 7) is 6.37. The maximum absolute atomic E-state index is 13.8. The number of hydrogen-bond donors (Lipinski definition) is 0. The summed E-state index contributed by atoms with van der Waals surface area (Å²) in [4.78, 5) is 4.69. The fourth-order valence-corrected chi connectivity index (χ4v) is 3.21. The summed E-state index contributed by atoms with van der Waals surface area (Å²) in [5, 5.41) is 8.92. The van der Waals surface area contributed by atoms with Crippen molar-refractivity contribution in [3.05, 3.63) is 35.1 Å². The van der Waals surface area contributed by atoms with Crippen molar-refractivity contribution in [3.63, 3.8) is 0 Å². The van der Waals surface area contributed by atoms with E-state index in [1.165, 1.54) is 25.0 Å². The molecule has 118 valence electrons. The second-order valence-electron chi connectivity index (χ2n) is 6.13. The third-order valence-corrected chi connectivity index (χ3v) is 4.52. The molecule has 0 spiro atoms. The van der Waals surface area contributed by atoms with E-state index >= 15 is 0 Å². The minimum absolute atomic E-state index is 0.221. The van der Waals surface area contributed by atoms with Crippen LogP contribution in [-0.4, -0.2) is 55.2 Å². The van der Waals surface area contributed by atoms with E-state index in [1.54, 1.807) is 6.07 Å². The molecule has 3 rings (SSSR count). The highest BCUT2D eigenvalue weighted by atomic mass is 19.1. The molecular formula is C17H22FN3O. The van der Waals surface area contributed by atoms with Crippen molar-refractivity contribution < 1.29 is 9.13 Å². The average Bonchev–Trinajstić information content (AvgIpc) is 3.04. The topological polar surface area (TPSA) is 39.5 Å². The van der Waals surface area contributed by atoms with Crippen LogP contribution >= 0.6 is 0 Å². The molecule has 0 radical (unpaired) electrons. The van der Waals surface area contributed by atoms with Crippen LogP contribution in [0.4, 0.5) is 4.39 Å². The molecule has 1 aromatic carbocycles. The zero-order valence-electron chi connectivity index (χ0n) is 12.8. The first-order chi connectivity index (χ1) is 10.7. The largest absolute Gasteiger partial charge is 0.377 e. The van der Waals surface area contributed by atoms with Crippen LogP contribution in [-0.2, 0) is 11.3 Å². The quantitative estimate of drug-likeness (QED) is 0.853. The molecule has 0 bridgehead atoms. The minimum atomic E-state index is -0.221. The van der Waals surface area contributed by atoms with Crippen LogP contribution in [0.1, 0.15) is 24.0 Å². The molecule has 5 heteroatoms. The first-order valence-corrected chi connectivity index (χ1v) is 7.99. The van der Waals surface area contributed by atoms with Crippen LogP contribution in [0.3, 0.4) is 0 Å². The monoisotopic (exact) mass is 303 g/mol. The highest BCUT2D eigenvalue weighted by Crippen LogP contribution is 2.17. The lowest BCUT2D eigenvalue weighted by molar-refractivity contribution is 0.0487. The van der Waals surface area contributed by atoms with Gasteiger partial charge in [-0.05, 0) is 31.0 Å². The fraction of sp³-hybridized carbons (Fsp3) is 0.588. The molecule has 2 aliphatic heterocycles. The standard InChI is InChI=1S/C17H22FN3O/c18-17-4-3-14(11-19)10-15(17)12-20-5-7-21(8-6-20)13-16-2-1-9-22-16/h3-4,10,16H,1-2,5-9,12-13H2. The first-order valence-electron chi connectivity index (χ1n) is 7.99. The Morgan fingerprint density at radius 2 is 2.00 bits per heavy atom. The van der Waals surface area contributed by atoms with Crippen molar-refractivity contribution in [2.45, 2.75) is 25.5 Å². The lowest BCUT2D eigenvalue weighted by Crippen LogP contribution is -2.48. The van der Waals surface area contributed by atoms with E-state index in [0.717, 1.165) is 39.3 Å². The van der Waals surface area contributed by atoms with Gasteiger partial charge in [0.05, 0.1) is 17.7 Å². The highest BCUT2D eigenvalue weighted by molar-refractivity contribution is 5.33. The van der Waals surface area contributed by atoms with Crippen LogP contribution in [0, 0.1) is 17.1 Å². The van der Waals surface area contributed by atoms with Gasteiger partial charge < -0.3 is 4.74 Å². The molecule has 0 amide bonds. The third kappa shape index (κ3) is 3.83.